The molecular weight excluding hydrogens is 360 g/mol. The summed E-state index contributed by atoms with van der Waals surface area (Å²) in [5.41, 5.74) is 6.48. The molecule has 0 heterocycles. The molecule has 2 aromatic carbocycles. The van der Waals surface area contributed by atoms with Crippen LogP contribution in [-0.4, -0.2) is 18.9 Å². The molecular formula is C17H15BrN2O3. The summed E-state index contributed by atoms with van der Waals surface area (Å²) in [6.07, 6.45) is 1.51. The summed E-state index contributed by atoms with van der Waals surface area (Å²) >= 11 is 3.30. The molecule has 3 N–H and O–H groups in total. The first-order chi connectivity index (χ1) is 11.0. The van der Waals surface area contributed by atoms with Gasteiger partial charge in [-0.1, -0.05) is 24.3 Å². The molecule has 0 aromatic heterocycles. The Morgan fingerprint density at radius 1 is 1.13 bits per heavy atom. The van der Waals surface area contributed by atoms with Crippen molar-refractivity contribution in [2.45, 2.75) is 0 Å². The van der Waals surface area contributed by atoms with Crippen LogP contribution in [0, 0.1) is 0 Å². The van der Waals surface area contributed by atoms with Gasteiger partial charge in [-0.2, -0.15) is 0 Å². The number of nitrogens with one attached hydrogen (secondary N) is 1. The normalized spacial score (nSPS) is 11.0. The van der Waals surface area contributed by atoms with Crippen LogP contribution < -0.4 is 15.8 Å². The van der Waals surface area contributed by atoms with Crippen molar-refractivity contribution >= 4 is 33.8 Å². The highest BCUT2D eigenvalue weighted by molar-refractivity contribution is 9.10. The van der Waals surface area contributed by atoms with E-state index in [-0.39, 0.29) is 5.70 Å². The molecule has 0 unspecified atom stereocenters. The molecule has 0 fully saturated rings. The first kappa shape index (κ1) is 16.8. The number of halogens is 1. The highest BCUT2D eigenvalue weighted by atomic mass is 79.9. The van der Waals surface area contributed by atoms with Crippen molar-refractivity contribution < 1.29 is 14.3 Å². The zero-order valence-electron chi connectivity index (χ0n) is 12.4. The highest BCUT2D eigenvalue weighted by Gasteiger charge is 2.14. The Bertz CT molecular complexity index is 755. The Hall–Kier alpha value is -2.60. The van der Waals surface area contributed by atoms with Crippen LogP contribution in [0.4, 0.5) is 0 Å². The van der Waals surface area contributed by atoms with Gasteiger partial charge >= 0.3 is 0 Å². The van der Waals surface area contributed by atoms with Crippen LogP contribution in [0.1, 0.15) is 15.9 Å². The lowest BCUT2D eigenvalue weighted by atomic mass is 10.1. The third-order valence-corrected chi connectivity index (χ3v) is 3.75. The summed E-state index contributed by atoms with van der Waals surface area (Å²) in [5.74, 6) is -0.447. The van der Waals surface area contributed by atoms with Gasteiger partial charge in [0.15, 0.2) is 0 Å². The Morgan fingerprint density at radius 3 is 2.35 bits per heavy atom. The number of carbonyl (C=O) groups is 2. The maximum absolute atomic E-state index is 12.3. The number of benzene rings is 2. The summed E-state index contributed by atoms with van der Waals surface area (Å²) in [4.78, 5) is 23.8. The van der Waals surface area contributed by atoms with E-state index in [1.807, 2.05) is 0 Å². The van der Waals surface area contributed by atoms with Gasteiger partial charge in [-0.25, -0.2) is 0 Å². The first-order valence-electron chi connectivity index (χ1n) is 6.72. The molecule has 0 saturated carbocycles. The van der Waals surface area contributed by atoms with E-state index < -0.39 is 11.8 Å². The van der Waals surface area contributed by atoms with Crippen molar-refractivity contribution in [1.82, 2.24) is 5.32 Å². The van der Waals surface area contributed by atoms with Crippen LogP contribution in [0.15, 0.2) is 58.7 Å². The molecule has 0 aliphatic heterocycles. The van der Waals surface area contributed by atoms with E-state index in [4.69, 9.17) is 10.5 Å². The molecule has 6 heteroatoms. The fourth-order valence-corrected chi connectivity index (χ4v) is 2.34. The van der Waals surface area contributed by atoms with E-state index in [0.717, 1.165) is 0 Å². The number of hydrogen-bond donors (Lipinski definition) is 2. The molecule has 0 aliphatic carbocycles. The summed E-state index contributed by atoms with van der Waals surface area (Å²) < 4.78 is 5.70. The number of carbonyl (C=O) groups excluding carboxylic acids is 2. The molecule has 2 aromatic rings. The van der Waals surface area contributed by atoms with E-state index >= 15 is 0 Å². The number of nitrogens with two attached hydrogens (primary N) is 1. The summed E-state index contributed by atoms with van der Waals surface area (Å²) in [6, 6.07) is 13.9. The van der Waals surface area contributed by atoms with Crippen LogP contribution in [-0.2, 0) is 4.79 Å². The molecule has 0 aliphatic rings. The van der Waals surface area contributed by atoms with Crippen molar-refractivity contribution in [3.63, 3.8) is 0 Å². The van der Waals surface area contributed by atoms with E-state index in [9.17, 15) is 9.59 Å². The Morgan fingerprint density at radius 2 is 1.78 bits per heavy atom. The quantitative estimate of drug-likeness (QED) is 0.789. The van der Waals surface area contributed by atoms with Crippen LogP contribution in [0.25, 0.3) is 6.08 Å². The van der Waals surface area contributed by atoms with Crippen LogP contribution in [0.2, 0.25) is 0 Å². The minimum Gasteiger partial charge on any atom is -0.497 e. The van der Waals surface area contributed by atoms with Crippen LogP contribution >= 0.6 is 15.9 Å². The van der Waals surface area contributed by atoms with Gasteiger partial charge in [0.2, 0.25) is 0 Å². The molecule has 5 nitrogen and oxygen atoms in total. The van der Waals surface area contributed by atoms with Crippen molar-refractivity contribution in [2.24, 2.45) is 5.73 Å². The van der Waals surface area contributed by atoms with Gasteiger partial charge < -0.3 is 15.8 Å². The van der Waals surface area contributed by atoms with E-state index in [2.05, 4.69) is 21.2 Å². The second-order valence-corrected chi connectivity index (χ2v) is 5.48. The van der Waals surface area contributed by atoms with Crippen LogP contribution in [0.5, 0.6) is 5.75 Å². The van der Waals surface area contributed by atoms with Gasteiger partial charge in [0.05, 0.1) is 12.7 Å². The van der Waals surface area contributed by atoms with Crippen molar-refractivity contribution in [2.75, 3.05) is 7.11 Å². The lowest BCUT2D eigenvalue weighted by molar-refractivity contribution is -0.114. The average molecular weight is 375 g/mol. The minimum absolute atomic E-state index is 0.0101. The first-order valence-corrected chi connectivity index (χ1v) is 7.52. The fourth-order valence-electron chi connectivity index (χ4n) is 1.87. The zero-order chi connectivity index (χ0) is 16.8. The second kappa shape index (κ2) is 7.60. The third-order valence-electron chi connectivity index (χ3n) is 3.06. The Kier molecular flexibility index (Phi) is 5.54. The highest BCUT2D eigenvalue weighted by Crippen LogP contribution is 2.17. The SMILES string of the molecule is COc1ccc(/C=C(\NC(=O)c2ccccc2Br)C(N)=O)cc1. The second-order valence-electron chi connectivity index (χ2n) is 4.63. The van der Waals surface area contributed by atoms with Crippen molar-refractivity contribution in [1.29, 1.82) is 0 Å². The smallest absolute Gasteiger partial charge is 0.265 e. The lowest BCUT2D eigenvalue weighted by Crippen LogP contribution is -2.31. The standard InChI is InChI=1S/C17H15BrN2O3/c1-23-12-8-6-11(7-9-12)10-15(16(19)21)20-17(22)13-4-2-3-5-14(13)18/h2-10H,1H3,(H2,19,21)(H,20,22)/b15-10-. The third kappa shape index (κ3) is 4.43. The summed E-state index contributed by atoms with van der Waals surface area (Å²) in [5, 5.41) is 2.54. The number of rotatable bonds is 5. The fraction of sp³-hybridized carbons (Fsp3) is 0.0588. The average Bonchev–Trinajstić information content (AvgIpc) is 2.55. The molecule has 2 rings (SSSR count). The molecule has 0 atom stereocenters. The number of hydrogen-bond acceptors (Lipinski definition) is 3. The molecule has 0 radical (unpaired) electrons. The minimum atomic E-state index is -0.721. The molecule has 0 bridgehead atoms. The molecule has 2 amide bonds. The molecule has 0 spiro atoms. The van der Waals surface area contributed by atoms with Gasteiger partial charge in [0.25, 0.3) is 11.8 Å². The van der Waals surface area contributed by atoms with E-state index in [0.29, 0.717) is 21.3 Å². The predicted molar refractivity (Wildman–Crippen MR) is 91.8 cm³/mol. The molecule has 23 heavy (non-hydrogen) atoms. The van der Waals surface area contributed by atoms with Gasteiger partial charge in [0, 0.05) is 4.47 Å². The number of methoxy groups -OCH3 is 1. The number of primary amides is 1. The van der Waals surface area contributed by atoms with Gasteiger partial charge in [0.1, 0.15) is 11.4 Å². The van der Waals surface area contributed by atoms with E-state index in [1.54, 1.807) is 55.6 Å². The molecule has 0 saturated heterocycles. The number of amides is 2. The maximum atomic E-state index is 12.3. The maximum Gasteiger partial charge on any atom is 0.265 e. The summed E-state index contributed by atoms with van der Waals surface area (Å²) in [7, 11) is 1.57. The largest absolute Gasteiger partial charge is 0.497 e. The van der Waals surface area contributed by atoms with Gasteiger partial charge in [-0.3, -0.25) is 9.59 Å². The van der Waals surface area contributed by atoms with Gasteiger partial charge in [-0.05, 0) is 51.8 Å². The van der Waals surface area contributed by atoms with Crippen LogP contribution in [0.3, 0.4) is 0 Å². The lowest BCUT2D eigenvalue weighted by Gasteiger charge is -2.08. The van der Waals surface area contributed by atoms with Crippen molar-refractivity contribution in [3.8, 4) is 5.75 Å². The van der Waals surface area contributed by atoms with Gasteiger partial charge in [-0.15, -0.1) is 0 Å². The molecule has 118 valence electrons. The predicted octanol–water partition coefficient (Wildman–Crippen LogP) is 2.71. The monoisotopic (exact) mass is 374 g/mol. The van der Waals surface area contributed by atoms with E-state index in [1.165, 1.54) is 6.08 Å². The Labute approximate surface area is 142 Å². The van der Waals surface area contributed by atoms with Crippen molar-refractivity contribution in [3.05, 3.63) is 69.8 Å². The topological polar surface area (TPSA) is 81.4 Å². The Balaban J connectivity index is 2.24. The zero-order valence-corrected chi connectivity index (χ0v) is 14.0. The summed E-state index contributed by atoms with van der Waals surface area (Å²) in [6.45, 7) is 0. The number of ether oxygens (including phenoxy) is 1.